The van der Waals surface area contributed by atoms with Crippen LogP contribution < -0.4 is 0 Å². The molecular formula is C17H25BO3. The summed E-state index contributed by atoms with van der Waals surface area (Å²) in [5.41, 5.74) is 0.272. The second-order valence-corrected chi connectivity index (χ2v) is 7.25. The number of benzene rings is 1. The first-order valence-corrected chi connectivity index (χ1v) is 7.49. The van der Waals surface area contributed by atoms with Crippen molar-refractivity contribution in [1.82, 2.24) is 0 Å². The van der Waals surface area contributed by atoms with E-state index in [-0.39, 0.29) is 5.78 Å². The molecule has 114 valence electrons. The van der Waals surface area contributed by atoms with Crippen molar-refractivity contribution in [2.75, 3.05) is 0 Å². The number of ketones is 1. The Bertz CT molecular complexity index is 508. The van der Waals surface area contributed by atoms with E-state index in [0.29, 0.717) is 6.42 Å². The topological polar surface area (TPSA) is 35.5 Å². The molecule has 0 aliphatic carbocycles. The van der Waals surface area contributed by atoms with E-state index < -0.39 is 23.6 Å². The van der Waals surface area contributed by atoms with Gasteiger partial charge in [0.15, 0.2) is 0 Å². The molecule has 1 aromatic rings. The van der Waals surface area contributed by atoms with Crippen LogP contribution in [-0.4, -0.2) is 24.1 Å². The van der Waals surface area contributed by atoms with Crippen LogP contribution in [0, 0.1) is 0 Å². The first-order chi connectivity index (χ1) is 9.58. The van der Waals surface area contributed by atoms with E-state index in [1.165, 1.54) is 0 Å². The summed E-state index contributed by atoms with van der Waals surface area (Å²) in [6.07, 6.45) is 0.397. The van der Waals surface area contributed by atoms with Crippen LogP contribution in [0.15, 0.2) is 30.3 Å². The van der Waals surface area contributed by atoms with Gasteiger partial charge in [-0.2, -0.15) is 0 Å². The monoisotopic (exact) mass is 288 g/mol. The molecule has 0 amide bonds. The molecule has 2 rings (SSSR count). The molecule has 1 heterocycles. The standard InChI is InChI=1S/C17H25BO3/c1-13(19)12-17(6,14-10-8-7-9-11-14)18-20-15(2,3)16(4,5)21-18/h7-11H,12H2,1-6H3/t17-/m1/s1. The second kappa shape index (κ2) is 5.26. The maximum atomic E-state index is 11.8. The normalized spacial score (nSPS) is 22.9. The molecular weight excluding hydrogens is 263 g/mol. The average Bonchev–Trinajstić information content (AvgIpc) is 2.59. The summed E-state index contributed by atoms with van der Waals surface area (Å²) in [7, 11) is -0.436. The van der Waals surface area contributed by atoms with Gasteiger partial charge < -0.3 is 14.1 Å². The van der Waals surface area contributed by atoms with Gasteiger partial charge in [0.1, 0.15) is 5.78 Å². The summed E-state index contributed by atoms with van der Waals surface area (Å²) in [6.45, 7) is 11.8. The van der Waals surface area contributed by atoms with Crippen LogP contribution in [0.2, 0.25) is 0 Å². The zero-order valence-corrected chi connectivity index (χ0v) is 13.9. The van der Waals surface area contributed by atoms with Crippen molar-refractivity contribution in [3.8, 4) is 0 Å². The quantitative estimate of drug-likeness (QED) is 0.795. The molecule has 0 unspecified atom stereocenters. The highest BCUT2D eigenvalue weighted by Crippen LogP contribution is 2.44. The first kappa shape index (κ1) is 16.2. The maximum Gasteiger partial charge on any atom is 0.469 e. The number of hydrogen-bond donors (Lipinski definition) is 0. The summed E-state index contributed by atoms with van der Waals surface area (Å²) >= 11 is 0. The molecule has 0 aromatic heterocycles. The summed E-state index contributed by atoms with van der Waals surface area (Å²) in [5, 5.41) is -0.488. The highest BCUT2D eigenvalue weighted by atomic mass is 16.7. The van der Waals surface area contributed by atoms with E-state index in [0.717, 1.165) is 5.56 Å². The van der Waals surface area contributed by atoms with Crippen molar-refractivity contribution >= 4 is 12.9 Å². The third kappa shape index (κ3) is 2.92. The van der Waals surface area contributed by atoms with E-state index in [1.807, 2.05) is 65.0 Å². The lowest BCUT2D eigenvalue weighted by Crippen LogP contribution is -2.44. The predicted octanol–water partition coefficient (Wildman–Crippen LogP) is 3.55. The van der Waals surface area contributed by atoms with E-state index in [1.54, 1.807) is 6.92 Å². The Morgan fingerprint density at radius 1 is 1.10 bits per heavy atom. The van der Waals surface area contributed by atoms with Gasteiger partial charge in [0.2, 0.25) is 0 Å². The fraction of sp³-hybridized carbons (Fsp3) is 0.588. The van der Waals surface area contributed by atoms with E-state index in [2.05, 4.69) is 0 Å². The molecule has 0 bridgehead atoms. The van der Waals surface area contributed by atoms with Gasteiger partial charge in [-0.15, -0.1) is 0 Å². The first-order valence-electron chi connectivity index (χ1n) is 7.49. The summed E-state index contributed by atoms with van der Waals surface area (Å²) in [4.78, 5) is 11.8. The van der Waals surface area contributed by atoms with Crippen molar-refractivity contribution in [2.45, 2.75) is 64.5 Å². The maximum absolute atomic E-state index is 11.8. The molecule has 0 saturated carbocycles. The fourth-order valence-electron chi connectivity index (χ4n) is 2.76. The van der Waals surface area contributed by atoms with E-state index >= 15 is 0 Å². The smallest absolute Gasteiger partial charge is 0.403 e. The molecule has 1 saturated heterocycles. The molecule has 1 aliphatic rings. The summed E-state index contributed by atoms with van der Waals surface area (Å²) in [6, 6.07) is 10.0. The number of carbonyl (C=O) groups is 1. The molecule has 1 fully saturated rings. The van der Waals surface area contributed by atoms with Crippen molar-refractivity contribution in [1.29, 1.82) is 0 Å². The molecule has 1 aliphatic heterocycles. The van der Waals surface area contributed by atoms with Gasteiger partial charge in [0.05, 0.1) is 11.2 Å². The Hall–Kier alpha value is -1.13. The Morgan fingerprint density at radius 3 is 2.00 bits per heavy atom. The minimum Gasteiger partial charge on any atom is -0.403 e. The van der Waals surface area contributed by atoms with Gasteiger partial charge in [0.25, 0.3) is 0 Å². The van der Waals surface area contributed by atoms with Crippen LogP contribution in [0.3, 0.4) is 0 Å². The van der Waals surface area contributed by atoms with Crippen LogP contribution in [0.25, 0.3) is 0 Å². The predicted molar refractivity (Wildman–Crippen MR) is 85.2 cm³/mol. The zero-order chi connectivity index (χ0) is 15.9. The fourth-order valence-corrected chi connectivity index (χ4v) is 2.76. The lowest BCUT2D eigenvalue weighted by molar-refractivity contribution is -0.117. The van der Waals surface area contributed by atoms with Crippen LogP contribution in [0.1, 0.15) is 53.5 Å². The largest absolute Gasteiger partial charge is 0.469 e. The van der Waals surface area contributed by atoms with Gasteiger partial charge in [-0.05, 0) is 40.2 Å². The van der Waals surface area contributed by atoms with Gasteiger partial charge in [-0.3, -0.25) is 0 Å². The molecule has 4 heteroatoms. The molecule has 1 atom stereocenters. The summed E-state index contributed by atoms with van der Waals surface area (Å²) < 4.78 is 12.4. The second-order valence-electron chi connectivity index (χ2n) is 7.25. The SMILES string of the molecule is CC(=O)C[C@@](C)(B1OC(C)(C)C(C)(C)O1)c1ccccc1. The number of Topliss-reactive ketones (excluding diaryl/α,β-unsaturated/α-hetero) is 1. The molecule has 0 radical (unpaired) electrons. The van der Waals surface area contributed by atoms with Gasteiger partial charge in [-0.25, -0.2) is 0 Å². The molecule has 0 spiro atoms. The van der Waals surface area contributed by atoms with Crippen LogP contribution in [0.5, 0.6) is 0 Å². The third-order valence-electron chi connectivity index (χ3n) is 4.82. The highest BCUT2D eigenvalue weighted by molar-refractivity contribution is 6.50. The van der Waals surface area contributed by atoms with Gasteiger partial charge in [0, 0.05) is 11.7 Å². The van der Waals surface area contributed by atoms with Crippen molar-refractivity contribution in [3.63, 3.8) is 0 Å². The van der Waals surface area contributed by atoms with Gasteiger partial charge >= 0.3 is 7.12 Å². The lowest BCUT2D eigenvalue weighted by atomic mass is 9.53. The minimum atomic E-state index is -0.488. The molecule has 21 heavy (non-hydrogen) atoms. The zero-order valence-electron chi connectivity index (χ0n) is 13.9. The molecule has 0 N–H and O–H groups in total. The Balaban J connectivity index is 2.41. The minimum absolute atomic E-state index is 0.135. The summed E-state index contributed by atoms with van der Waals surface area (Å²) in [5.74, 6) is 0.135. The van der Waals surface area contributed by atoms with Gasteiger partial charge in [-0.1, -0.05) is 37.3 Å². The Morgan fingerprint density at radius 2 is 1.57 bits per heavy atom. The van der Waals surface area contributed by atoms with Crippen LogP contribution in [0.4, 0.5) is 0 Å². The van der Waals surface area contributed by atoms with Crippen LogP contribution >= 0.6 is 0 Å². The van der Waals surface area contributed by atoms with Crippen LogP contribution in [-0.2, 0) is 19.4 Å². The molecule has 1 aromatic carbocycles. The Kier molecular flexibility index (Phi) is 4.07. The van der Waals surface area contributed by atoms with E-state index in [4.69, 9.17) is 9.31 Å². The third-order valence-corrected chi connectivity index (χ3v) is 4.82. The number of hydrogen-bond acceptors (Lipinski definition) is 3. The van der Waals surface area contributed by atoms with E-state index in [9.17, 15) is 4.79 Å². The van der Waals surface area contributed by atoms with Crippen molar-refractivity contribution in [3.05, 3.63) is 35.9 Å². The molecule has 3 nitrogen and oxygen atoms in total. The lowest BCUT2D eigenvalue weighted by Gasteiger charge is -2.32. The van der Waals surface area contributed by atoms with Crippen molar-refractivity contribution < 1.29 is 14.1 Å². The van der Waals surface area contributed by atoms with Crippen molar-refractivity contribution in [2.24, 2.45) is 0 Å². The Labute approximate surface area is 128 Å². The average molecular weight is 288 g/mol. The number of rotatable bonds is 4. The highest BCUT2D eigenvalue weighted by Gasteiger charge is 2.58. The number of carbonyl (C=O) groups excluding carboxylic acids is 1.